The smallest absolute Gasteiger partial charge is 0.141 e. The van der Waals surface area contributed by atoms with Gasteiger partial charge in [-0.2, -0.15) is 0 Å². The highest BCUT2D eigenvalue weighted by Gasteiger charge is 2.06. The molecule has 0 radical (unpaired) electrons. The molecule has 1 heterocycles. The van der Waals surface area contributed by atoms with Crippen LogP contribution in [0.4, 0.5) is 0 Å². The van der Waals surface area contributed by atoms with E-state index in [0.717, 1.165) is 22.5 Å². The first-order chi connectivity index (χ1) is 8.63. The van der Waals surface area contributed by atoms with Crippen LogP contribution in [0.25, 0.3) is 0 Å². The third-order valence-electron chi connectivity index (χ3n) is 2.79. The first kappa shape index (κ1) is 12.5. The number of ketones is 1. The molecule has 18 heavy (non-hydrogen) atoms. The van der Waals surface area contributed by atoms with Gasteiger partial charge in [-0.25, -0.2) is 0 Å². The average Bonchev–Trinajstić information content (AvgIpc) is 2.28. The van der Waals surface area contributed by atoms with Gasteiger partial charge >= 0.3 is 0 Å². The van der Waals surface area contributed by atoms with E-state index < -0.39 is 0 Å². The average molecular weight is 239 g/mol. The van der Waals surface area contributed by atoms with Gasteiger partial charge in [-0.15, -0.1) is 0 Å². The standard InChI is InChI=1S/C16H17NO/c1-12-8-15(9-13(2)17-12)11-16(18)10-14-6-4-3-5-7-14/h3-9H,10-11H2,1-2H3. The summed E-state index contributed by atoms with van der Waals surface area (Å²) in [6, 6.07) is 13.8. The maximum Gasteiger partial charge on any atom is 0.141 e. The van der Waals surface area contributed by atoms with Crippen molar-refractivity contribution in [2.75, 3.05) is 0 Å². The van der Waals surface area contributed by atoms with Crippen LogP contribution in [-0.2, 0) is 17.6 Å². The Labute approximate surface area is 108 Å². The van der Waals surface area contributed by atoms with E-state index >= 15 is 0 Å². The third-order valence-corrected chi connectivity index (χ3v) is 2.79. The maximum absolute atomic E-state index is 12.0. The lowest BCUT2D eigenvalue weighted by Crippen LogP contribution is -2.07. The number of benzene rings is 1. The second-order valence-corrected chi connectivity index (χ2v) is 4.64. The molecule has 0 atom stereocenters. The van der Waals surface area contributed by atoms with Crippen LogP contribution in [0.3, 0.4) is 0 Å². The van der Waals surface area contributed by atoms with Crippen LogP contribution >= 0.6 is 0 Å². The summed E-state index contributed by atoms with van der Waals surface area (Å²) in [7, 11) is 0. The number of Topliss-reactive ketones (excluding diaryl/α,β-unsaturated/α-hetero) is 1. The molecule has 0 fully saturated rings. The fraction of sp³-hybridized carbons (Fsp3) is 0.250. The molecule has 0 amide bonds. The zero-order valence-corrected chi connectivity index (χ0v) is 10.8. The topological polar surface area (TPSA) is 30.0 Å². The molecule has 0 aliphatic carbocycles. The van der Waals surface area contributed by atoms with E-state index in [1.165, 1.54) is 0 Å². The molecule has 0 saturated heterocycles. The second-order valence-electron chi connectivity index (χ2n) is 4.64. The molecular weight excluding hydrogens is 222 g/mol. The van der Waals surface area contributed by atoms with Crippen LogP contribution in [0.1, 0.15) is 22.5 Å². The lowest BCUT2D eigenvalue weighted by atomic mass is 10.0. The summed E-state index contributed by atoms with van der Waals surface area (Å²) in [5.74, 6) is 0.242. The van der Waals surface area contributed by atoms with Crippen LogP contribution in [-0.4, -0.2) is 10.8 Å². The van der Waals surface area contributed by atoms with Crippen LogP contribution < -0.4 is 0 Å². The van der Waals surface area contributed by atoms with Gasteiger partial charge in [0, 0.05) is 24.2 Å². The lowest BCUT2D eigenvalue weighted by molar-refractivity contribution is -0.117. The van der Waals surface area contributed by atoms with E-state index in [1.807, 2.05) is 56.3 Å². The molecule has 1 aromatic heterocycles. The van der Waals surface area contributed by atoms with Gasteiger partial charge in [-0.3, -0.25) is 9.78 Å². The minimum atomic E-state index is 0.242. The summed E-state index contributed by atoms with van der Waals surface area (Å²) in [6.07, 6.45) is 0.986. The van der Waals surface area contributed by atoms with Crippen molar-refractivity contribution in [3.8, 4) is 0 Å². The molecule has 2 nitrogen and oxygen atoms in total. The van der Waals surface area contributed by atoms with Crippen LogP contribution in [0.5, 0.6) is 0 Å². The molecule has 0 spiro atoms. The Balaban J connectivity index is 2.03. The number of carbonyl (C=O) groups excluding carboxylic acids is 1. The summed E-state index contributed by atoms with van der Waals surface area (Å²) in [6.45, 7) is 3.91. The minimum Gasteiger partial charge on any atom is -0.299 e. The molecule has 2 heteroatoms. The largest absolute Gasteiger partial charge is 0.299 e. The number of aryl methyl sites for hydroxylation is 2. The van der Waals surface area contributed by atoms with Gasteiger partial charge in [0.2, 0.25) is 0 Å². The van der Waals surface area contributed by atoms with Crippen molar-refractivity contribution >= 4 is 5.78 Å². The van der Waals surface area contributed by atoms with Crippen molar-refractivity contribution in [1.29, 1.82) is 0 Å². The van der Waals surface area contributed by atoms with Crippen molar-refractivity contribution in [2.45, 2.75) is 26.7 Å². The summed E-state index contributed by atoms with van der Waals surface area (Å²) >= 11 is 0. The van der Waals surface area contributed by atoms with Crippen molar-refractivity contribution < 1.29 is 4.79 Å². The van der Waals surface area contributed by atoms with Crippen LogP contribution in [0.2, 0.25) is 0 Å². The van der Waals surface area contributed by atoms with Crippen LogP contribution in [0.15, 0.2) is 42.5 Å². The molecule has 0 N–H and O–H groups in total. The molecule has 2 rings (SSSR count). The Kier molecular flexibility index (Phi) is 3.88. The zero-order valence-electron chi connectivity index (χ0n) is 10.8. The number of pyridine rings is 1. The van der Waals surface area contributed by atoms with E-state index in [4.69, 9.17) is 0 Å². The summed E-state index contributed by atoms with van der Waals surface area (Å²) in [4.78, 5) is 16.3. The highest BCUT2D eigenvalue weighted by molar-refractivity contribution is 5.83. The SMILES string of the molecule is Cc1cc(CC(=O)Cc2ccccc2)cc(C)n1. The number of carbonyl (C=O) groups is 1. The fourth-order valence-electron chi connectivity index (χ4n) is 2.14. The quantitative estimate of drug-likeness (QED) is 0.820. The Morgan fingerprint density at radius 1 is 0.944 bits per heavy atom. The Morgan fingerprint density at radius 2 is 1.50 bits per heavy atom. The molecule has 1 aromatic carbocycles. The summed E-state index contributed by atoms with van der Waals surface area (Å²) in [5, 5.41) is 0. The Morgan fingerprint density at radius 3 is 2.11 bits per heavy atom. The van der Waals surface area contributed by atoms with Gasteiger partial charge in [0.25, 0.3) is 0 Å². The van der Waals surface area contributed by atoms with Crippen molar-refractivity contribution in [2.24, 2.45) is 0 Å². The monoisotopic (exact) mass is 239 g/mol. The first-order valence-corrected chi connectivity index (χ1v) is 6.13. The molecule has 0 aliphatic heterocycles. The lowest BCUT2D eigenvalue weighted by Gasteiger charge is -2.04. The molecule has 0 aliphatic rings. The summed E-state index contributed by atoms with van der Waals surface area (Å²) < 4.78 is 0. The molecule has 2 aromatic rings. The normalized spacial score (nSPS) is 10.3. The zero-order chi connectivity index (χ0) is 13.0. The molecule has 92 valence electrons. The van der Waals surface area contributed by atoms with Gasteiger partial charge in [0.05, 0.1) is 0 Å². The van der Waals surface area contributed by atoms with E-state index in [9.17, 15) is 4.79 Å². The summed E-state index contributed by atoms with van der Waals surface area (Å²) in [5.41, 5.74) is 4.07. The van der Waals surface area contributed by atoms with Gasteiger partial charge in [0.1, 0.15) is 5.78 Å². The van der Waals surface area contributed by atoms with Gasteiger partial charge in [-0.1, -0.05) is 30.3 Å². The predicted molar refractivity (Wildman–Crippen MR) is 72.6 cm³/mol. The van der Waals surface area contributed by atoms with Gasteiger partial charge in [-0.05, 0) is 37.1 Å². The molecule has 0 bridgehead atoms. The van der Waals surface area contributed by atoms with Gasteiger partial charge in [0.15, 0.2) is 0 Å². The maximum atomic E-state index is 12.0. The number of hydrogen-bond acceptors (Lipinski definition) is 2. The predicted octanol–water partition coefficient (Wildman–Crippen LogP) is 3.05. The van der Waals surface area contributed by atoms with E-state index in [1.54, 1.807) is 0 Å². The Hall–Kier alpha value is -1.96. The number of hydrogen-bond donors (Lipinski definition) is 0. The number of rotatable bonds is 4. The third kappa shape index (κ3) is 3.52. The highest BCUT2D eigenvalue weighted by atomic mass is 16.1. The first-order valence-electron chi connectivity index (χ1n) is 6.13. The van der Waals surface area contributed by atoms with E-state index in [-0.39, 0.29) is 5.78 Å². The molecular formula is C16H17NO. The van der Waals surface area contributed by atoms with Crippen molar-refractivity contribution in [3.05, 3.63) is 65.0 Å². The molecule has 0 saturated carbocycles. The number of aromatic nitrogens is 1. The van der Waals surface area contributed by atoms with E-state index in [0.29, 0.717) is 12.8 Å². The second kappa shape index (κ2) is 5.58. The minimum absolute atomic E-state index is 0.242. The van der Waals surface area contributed by atoms with Crippen molar-refractivity contribution in [3.63, 3.8) is 0 Å². The fourth-order valence-corrected chi connectivity index (χ4v) is 2.14. The van der Waals surface area contributed by atoms with E-state index in [2.05, 4.69) is 4.98 Å². The highest BCUT2D eigenvalue weighted by Crippen LogP contribution is 2.08. The van der Waals surface area contributed by atoms with Crippen LogP contribution in [0, 0.1) is 13.8 Å². The van der Waals surface area contributed by atoms with Gasteiger partial charge < -0.3 is 0 Å². The Bertz CT molecular complexity index is 526. The molecule has 0 unspecified atom stereocenters. The number of nitrogens with zero attached hydrogens (tertiary/aromatic N) is 1. The van der Waals surface area contributed by atoms with Crippen molar-refractivity contribution in [1.82, 2.24) is 4.98 Å².